The molecule has 5 heteroatoms. The van der Waals surface area contributed by atoms with Gasteiger partial charge in [-0.1, -0.05) is 11.6 Å². The van der Waals surface area contributed by atoms with Crippen LogP contribution in [0.15, 0.2) is 40.9 Å². The summed E-state index contributed by atoms with van der Waals surface area (Å²) >= 11 is 5.85. The van der Waals surface area contributed by atoms with E-state index in [4.69, 9.17) is 20.8 Å². The lowest BCUT2D eigenvalue weighted by Gasteiger charge is -1.99. The highest BCUT2D eigenvalue weighted by Gasteiger charge is 2.09. The van der Waals surface area contributed by atoms with Crippen LogP contribution in [0.3, 0.4) is 0 Å². The van der Waals surface area contributed by atoms with Crippen molar-refractivity contribution < 1.29 is 9.15 Å². The fourth-order valence-electron chi connectivity index (χ4n) is 1.66. The summed E-state index contributed by atoms with van der Waals surface area (Å²) in [6.45, 7) is 0. The topological polar surface area (TPSA) is 48.2 Å². The SMILES string of the molecule is COc1ccc(-c2nc3cc(Cl)cnc3o2)cc1. The van der Waals surface area contributed by atoms with E-state index >= 15 is 0 Å². The third kappa shape index (κ3) is 1.91. The van der Waals surface area contributed by atoms with Gasteiger partial charge in [-0.3, -0.25) is 0 Å². The zero-order valence-electron chi connectivity index (χ0n) is 9.55. The number of hydrogen-bond acceptors (Lipinski definition) is 4. The molecule has 0 aliphatic rings. The Balaban J connectivity index is 2.07. The minimum Gasteiger partial charge on any atom is -0.497 e. The Hall–Kier alpha value is -2.07. The van der Waals surface area contributed by atoms with E-state index in [-0.39, 0.29) is 0 Å². The average Bonchev–Trinajstić information content (AvgIpc) is 2.81. The van der Waals surface area contributed by atoms with Gasteiger partial charge in [0.2, 0.25) is 11.6 Å². The van der Waals surface area contributed by atoms with E-state index in [1.165, 1.54) is 6.20 Å². The molecule has 3 aromatic rings. The van der Waals surface area contributed by atoms with Crippen molar-refractivity contribution in [2.75, 3.05) is 7.11 Å². The predicted molar refractivity (Wildman–Crippen MR) is 68.8 cm³/mol. The number of oxazole rings is 1. The molecule has 0 radical (unpaired) electrons. The van der Waals surface area contributed by atoms with Gasteiger partial charge >= 0.3 is 0 Å². The Morgan fingerprint density at radius 2 is 2.00 bits per heavy atom. The molecule has 0 N–H and O–H groups in total. The number of halogens is 1. The molecular formula is C13H9ClN2O2. The fraction of sp³-hybridized carbons (Fsp3) is 0.0769. The van der Waals surface area contributed by atoms with Gasteiger partial charge in [0, 0.05) is 11.8 Å². The maximum atomic E-state index is 5.85. The molecule has 3 rings (SSSR count). The summed E-state index contributed by atoms with van der Waals surface area (Å²) in [6, 6.07) is 9.19. The average molecular weight is 261 g/mol. The van der Waals surface area contributed by atoms with Gasteiger partial charge in [0.15, 0.2) is 0 Å². The normalized spacial score (nSPS) is 10.8. The van der Waals surface area contributed by atoms with Crippen molar-refractivity contribution in [3.05, 3.63) is 41.6 Å². The first-order chi connectivity index (χ1) is 8.76. The van der Waals surface area contributed by atoms with Crippen LogP contribution in [0, 0.1) is 0 Å². The second-order valence-electron chi connectivity index (χ2n) is 3.73. The summed E-state index contributed by atoms with van der Waals surface area (Å²) in [5.74, 6) is 1.30. The minimum atomic E-state index is 0.477. The van der Waals surface area contributed by atoms with Crippen molar-refractivity contribution in [3.63, 3.8) is 0 Å². The van der Waals surface area contributed by atoms with E-state index in [0.29, 0.717) is 22.1 Å². The zero-order chi connectivity index (χ0) is 12.5. The molecule has 4 nitrogen and oxygen atoms in total. The molecule has 2 heterocycles. The van der Waals surface area contributed by atoms with Crippen molar-refractivity contribution >= 4 is 22.8 Å². The van der Waals surface area contributed by atoms with E-state index < -0.39 is 0 Å². The number of nitrogens with zero attached hydrogens (tertiary/aromatic N) is 2. The first-order valence-corrected chi connectivity index (χ1v) is 5.70. The molecule has 18 heavy (non-hydrogen) atoms. The Bertz CT molecular complexity index is 692. The number of pyridine rings is 1. The molecule has 0 unspecified atom stereocenters. The first-order valence-electron chi connectivity index (χ1n) is 5.33. The minimum absolute atomic E-state index is 0.477. The molecule has 0 saturated carbocycles. The van der Waals surface area contributed by atoms with Crippen LogP contribution in [0.1, 0.15) is 0 Å². The highest BCUT2D eigenvalue weighted by atomic mass is 35.5. The first kappa shape index (κ1) is 11.0. The Kier molecular flexibility index (Phi) is 2.64. The van der Waals surface area contributed by atoms with Gasteiger partial charge in [-0.15, -0.1) is 0 Å². The van der Waals surface area contributed by atoms with Gasteiger partial charge in [-0.05, 0) is 30.3 Å². The summed E-state index contributed by atoms with van der Waals surface area (Å²) in [5.41, 5.74) is 1.99. The monoisotopic (exact) mass is 260 g/mol. The third-order valence-corrected chi connectivity index (χ3v) is 2.76. The van der Waals surface area contributed by atoms with Gasteiger partial charge in [0.25, 0.3) is 0 Å². The van der Waals surface area contributed by atoms with E-state index in [1.54, 1.807) is 13.2 Å². The summed E-state index contributed by atoms with van der Waals surface area (Å²) in [6.07, 6.45) is 1.53. The van der Waals surface area contributed by atoms with E-state index in [0.717, 1.165) is 11.3 Å². The molecule has 0 bridgehead atoms. The molecule has 0 saturated heterocycles. The summed E-state index contributed by atoms with van der Waals surface area (Å²) < 4.78 is 10.7. The van der Waals surface area contributed by atoms with Crippen LogP contribution in [0.5, 0.6) is 5.75 Å². The van der Waals surface area contributed by atoms with Crippen LogP contribution in [-0.2, 0) is 0 Å². The second-order valence-corrected chi connectivity index (χ2v) is 4.16. The predicted octanol–water partition coefficient (Wildman–Crippen LogP) is 3.55. The molecule has 0 aliphatic heterocycles. The van der Waals surface area contributed by atoms with Crippen molar-refractivity contribution in [1.82, 2.24) is 9.97 Å². The van der Waals surface area contributed by atoms with Crippen LogP contribution in [0.25, 0.3) is 22.7 Å². The Morgan fingerprint density at radius 1 is 1.22 bits per heavy atom. The van der Waals surface area contributed by atoms with E-state index in [9.17, 15) is 0 Å². The van der Waals surface area contributed by atoms with Gasteiger partial charge in [-0.2, -0.15) is 0 Å². The highest BCUT2D eigenvalue weighted by Crippen LogP contribution is 2.25. The fourth-order valence-corrected chi connectivity index (χ4v) is 1.81. The summed E-state index contributed by atoms with van der Waals surface area (Å²) in [7, 11) is 1.63. The molecule has 1 aromatic carbocycles. The molecular weight excluding hydrogens is 252 g/mol. The summed E-state index contributed by atoms with van der Waals surface area (Å²) in [5, 5.41) is 0.539. The molecule has 90 valence electrons. The maximum Gasteiger partial charge on any atom is 0.247 e. The number of methoxy groups -OCH3 is 1. The molecule has 2 aromatic heterocycles. The molecule has 0 fully saturated rings. The molecule has 0 atom stereocenters. The number of fused-ring (bicyclic) bond motifs is 1. The lowest BCUT2D eigenvalue weighted by molar-refractivity contribution is 0.415. The lowest BCUT2D eigenvalue weighted by atomic mass is 10.2. The number of rotatable bonds is 2. The van der Waals surface area contributed by atoms with E-state index in [1.807, 2.05) is 24.3 Å². The summed E-state index contributed by atoms with van der Waals surface area (Å²) in [4.78, 5) is 8.42. The molecule has 0 aliphatic carbocycles. The van der Waals surface area contributed by atoms with Crippen LogP contribution in [-0.4, -0.2) is 17.1 Å². The van der Waals surface area contributed by atoms with Crippen LogP contribution in [0.4, 0.5) is 0 Å². The lowest BCUT2D eigenvalue weighted by Crippen LogP contribution is -1.82. The largest absolute Gasteiger partial charge is 0.497 e. The van der Waals surface area contributed by atoms with Gasteiger partial charge < -0.3 is 9.15 Å². The van der Waals surface area contributed by atoms with Crippen molar-refractivity contribution in [2.45, 2.75) is 0 Å². The van der Waals surface area contributed by atoms with Crippen molar-refractivity contribution in [3.8, 4) is 17.2 Å². The molecule has 0 spiro atoms. The zero-order valence-corrected chi connectivity index (χ0v) is 10.3. The smallest absolute Gasteiger partial charge is 0.247 e. The van der Waals surface area contributed by atoms with Crippen molar-refractivity contribution in [2.24, 2.45) is 0 Å². The van der Waals surface area contributed by atoms with Gasteiger partial charge in [0.1, 0.15) is 11.3 Å². The van der Waals surface area contributed by atoms with Crippen LogP contribution < -0.4 is 4.74 Å². The van der Waals surface area contributed by atoms with Crippen LogP contribution in [0.2, 0.25) is 5.02 Å². The quantitative estimate of drug-likeness (QED) is 0.707. The van der Waals surface area contributed by atoms with Crippen LogP contribution >= 0.6 is 11.6 Å². The standard InChI is InChI=1S/C13H9ClN2O2/c1-17-10-4-2-8(3-5-10)12-16-11-6-9(14)7-15-13(11)18-12/h2-7H,1H3. The van der Waals surface area contributed by atoms with E-state index in [2.05, 4.69) is 9.97 Å². The van der Waals surface area contributed by atoms with Gasteiger partial charge in [-0.25, -0.2) is 9.97 Å². The number of hydrogen-bond donors (Lipinski definition) is 0. The number of benzene rings is 1. The highest BCUT2D eigenvalue weighted by molar-refractivity contribution is 6.30. The Labute approximate surface area is 108 Å². The van der Waals surface area contributed by atoms with Crippen molar-refractivity contribution in [1.29, 1.82) is 0 Å². The maximum absolute atomic E-state index is 5.85. The third-order valence-electron chi connectivity index (χ3n) is 2.55. The second kappa shape index (κ2) is 4.31. The van der Waals surface area contributed by atoms with Gasteiger partial charge in [0.05, 0.1) is 12.1 Å². The number of ether oxygens (including phenoxy) is 1. The number of aromatic nitrogens is 2. The molecule has 0 amide bonds. The Morgan fingerprint density at radius 3 is 2.72 bits per heavy atom.